The molecule has 4 N–H and O–H groups in total. The zero-order chi connectivity index (χ0) is 26.3. The maximum absolute atomic E-state index is 6.27. The van der Waals surface area contributed by atoms with Gasteiger partial charge in [-0.2, -0.15) is 0 Å². The van der Waals surface area contributed by atoms with Crippen molar-refractivity contribution in [1.82, 2.24) is 20.6 Å². The Morgan fingerprint density at radius 1 is 1.18 bits per heavy atom. The third-order valence-electron chi connectivity index (χ3n) is 8.27. The van der Waals surface area contributed by atoms with Gasteiger partial charge in [-0.05, 0) is 46.0 Å². The quantitative estimate of drug-likeness (QED) is 0.353. The number of aliphatic imine (C=N–C) groups is 1. The SMILES string of the molecule is CC1CC[C@@H](COC2C3=C2C(NC/C=C/CC(C)c2ncnc4c2C4(C)OC[C@@H]2CCC(N)O2)N=CN3)O1. The lowest BCUT2D eigenvalue weighted by atomic mass is 10.0. The van der Waals surface area contributed by atoms with Crippen LogP contribution in [0.5, 0.6) is 0 Å². The Bertz CT molecular complexity index is 1120. The Balaban J connectivity index is 0.942. The molecule has 38 heavy (non-hydrogen) atoms. The predicted molar refractivity (Wildman–Crippen MR) is 142 cm³/mol. The first-order chi connectivity index (χ1) is 18.4. The van der Waals surface area contributed by atoms with Crippen molar-refractivity contribution in [2.75, 3.05) is 19.8 Å². The van der Waals surface area contributed by atoms with Gasteiger partial charge in [0.1, 0.15) is 30.4 Å². The first kappa shape index (κ1) is 26.0. The van der Waals surface area contributed by atoms with E-state index in [1.807, 2.05) is 0 Å². The van der Waals surface area contributed by atoms with Crippen molar-refractivity contribution in [3.63, 3.8) is 0 Å². The van der Waals surface area contributed by atoms with E-state index in [-0.39, 0.29) is 36.6 Å². The molecule has 1 aromatic heterocycles. The fourth-order valence-corrected chi connectivity index (χ4v) is 5.89. The minimum Gasteiger partial charge on any atom is -0.373 e. The number of hydrogen-bond acceptors (Lipinski definition) is 10. The number of nitrogens with two attached hydrogens (primary N) is 1. The van der Waals surface area contributed by atoms with E-state index >= 15 is 0 Å². The van der Waals surface area contributed by atoms with Crippen molar-refractivity contribution < 1.29 is 18.9 Å². The van der Waals surface area contributed by atoms with Crippen LogP contribution in [0.1, 0.15) is 75.7 Å². The highest BCUT2D eigenvalue weighted by Gasteiger charge is 2.53. The molecule has 5 aliphatic rings. The van der Waals surface area contributed by atoms with Gasteiger partial charge >= 0.3 is 0 Å². The zero-order valence-electron chi connectivity index (χ0n) is 22.6. The van der Waals surface area contributed by atoms with Crippen molar-refractivity contribution in [3.8, 4) is 0 Å². The Morgan fingerprint density at radius 3 is 2.82 bits per heavy atom. The summed E-state index contributed by atoms with van der Waals surface area (Å²) in [7, 11) is 0. The van der Waals surface area contributed by atoms with Crippen molar-refractivity contribution in [2.24, 2.45) is 10.7 Å². The maximum Gasteiger partial charge on any atom is 0.136 e. The average molecular weight is 525 g/mol. The zero-order valence-corrected chi connectivity index (χ0v) is 22.6. The monoisotopic (exact) mass is 524 g/mol. The van der Waals surface area contributed by atoms with Gasteiger partial charge in [0.2, 0.25) is 0 Å². The van der Waals surface area contributed by atoms with Gasteiger partial charge in [0.05, 0.1) is 54.9 Å². The lowest BCUT2D eigenvalue weighted by Gasteiger charge is -2.17. The van der Waals surface area contributed by atoms with Gasteiger partial charge in [-0.25, -0.2) is 9.97 Å². The normalized spacial score (nSPS) is 35.9. The summed E-state index contributed by atoms with van der Waals surface area (Å²) in [5.74, 6) is 0.262. The van der Waals surface area contributed by atoms with Gasteiger partial charge in [-0.1, -0.05) is 19.1 Å². The molecular formula is C28H40N6O4. The number of ether oxygens (including phenoxy) is 4. The van der Waals surface area contributed by atoms with E-state index in [1.54, 1.807) is 12.7 Å². The molecule has 1 aromatic rings. The van der Waals surface area contributed by atoms with Crippen LogP contribution in [0.2, 0.25) is 0 Å². The molecule has 10 heteroatoms. The van der Waals surface area contributed by atoms with Crippen molar-refractivity contribution in [1.29, 1.82) is 0 Å². The molecule has 0 spiro atoms. The summed E-state index contributed by atoms with van der Waals surface area (Å²) in [5, 5.41) is 6.74. The molecule has 6 unspecified atom stereocenters. The smallest absolute Gasteiger partial charge is 0.136 e. The van der Waals surface area contributed by atoms with Crippen LogP contribution < -0.4 is 16.4 Å². The van der Waals surface area contributed by atoms with E-state index in [2.05, 4.69) is 58.5 Å². The fraction of sp³-hybridized carbons (Fsp3) is 0.679. The predicted octanol–water partition coefficient (Wildman–Crippen LogP) is 2.35. The van der Waals surface area contributed by atoms with Crippen LogP contribution >= 0.6 is 0 Å². The molecule has 8 atom stereocenters. The average Bonchev–Trinajstić information content (AvgIpc) is 3.61. The standard InChI is InChI=1S/C28H40N6O4/c1-16(23-22-26(33-14-31-23)28(22,3)36-13-19-9-10-20(29)38-19)6-4-5-11-30-27-21-24(32-15-34-27)25(21)35-12-18-8-7-17(2)37-18/h4-5,14-20,25,27,30H,6-13,29H2,1-3H3,(H,32,34)/b5-4+/t16?,17?,18-,19-,20?,25?,27?,28?/m0/s1. The van der Waals surface area contributed by atoms with E-state index in [1.165, 1.54) is 5.57 Å². The topological polar surface area (TPSA) is 125 Å². The molecule has 2 aliphatic carbocycles. The summed E-state index contributed by atoms with van der Waals surface area (Å²) in [6.45, 7) is 8.29. The molecule has 0 radical (unpaired) electrons. The number of hydrogen-bond donors (Lipinski definition) is 3. The van der Waals surface area contributed by atoms with Crippen LogP contribution in [0.25, 0.3) is 0 Å². The Morgan fingerprint density at radius 2 is 2.03 bits per heavy atom. The minimum absolute atomic E-state index is 0.0268. The lowest BCUT2D eigenvalue weighted by molar-refractivity contribution is -0.0521. The summed E-state index contributed by atoms with van der Waals surface area (Å²) in [4.78, 5) is 13.7. The van der Waals surface area contributed by atoms with Gasteiger partial charge in [0.25, 0.3) is 0 Å². The number of nitrogens with one attached hydrogen (secondary N) is 2. The van der Waals surface area contributed by atoms with Crippen LogP contribution in [0, 0.1) is 0 Å². The number of allylic oxidation sites excluding steroid dienone is 1. The van der Waals surface area contributed by atoms with E-state index < -0.39 is 5.60 Å². The fourth-order valence-electron chi connectivity index (χ4n) is 5.89. The summed E-state index contributed by atoms with van der Waals surface area (Å²) in [6.07, 6.45) is 13.1. The third-order valence-corrected chi connectivity index (χ3v) is 8.27. The van der Waals surface area contributed by atoms with Crippen LogP contribution in [0.15, 0.2) is 34.7 Å². The van der Waals surface area contributed by atoms with Gasteiger partial charge in [0.15, 0.2) is 0 Å². The molecule has 0 bridgehead atoms. The third kappa shape index (κ3) is 5.30. The van der Waals surface area contributed by atoms with Gasteiger partial charge < -0.3 is 30.0 Å². The molecule has 0 amide bonds. The van der Waals surface area contributed by atoms with E-state index in [4.69, 9.17) is 24.7 Å². The first-order valence-electron chi connectivity index (χ1n) is 14.0. The second-order valence-electron chi connectivity index (χ2n) is 11.3. The van der Waals surface area contributed by atoms with Gasteiger partial charge in [-0.3, -0.25) is 10.3 Å². The molecule has 206 valence electrons. The van der Waals surface area contributed by atoms with E-state index in [0.29, 0.717) is 19.3 Å². The summed E-state index contributed by atoms with van der Waals surface area (Å²) in [5.41, 5.74) is 10.9. The maximum atomic E-state index is 6.27. The van der Waals surface area contributed by atoms with Crippen LogP contribution in [-0.4, -0.2) is 72.9 Å². The van der Waals surface area contributed by atoms with E-state index in [9.17, 15) is 0 Å². The first-order valence-corrected chi connectivity index (χ1v) is 14.0. The number of rotatable bonds is 12. The Labute approximate surface area is 224 Å². The summed E-state index contributed by atoms with van der Waals surface area (Å²) in [6, 6.07) is 0. The Kier molecular flexibility index (Phi) is 7.36. The number of nitrogens with zero attached hydrogens (tertiary/aromatic N) is 3. The summed E-state index contributed by atoms with van der Waals surface area (Å²) < 4.78 is 24.0. The highest BCUT2D eigenvalue weighted by Crippen LogP contribution is 2.52. The Hall–Kier alpha value is -2.21. The molecular weight excluding hydrogens is 484 g/mol. The highest BCUT2D eigenvalue weighted by atomic mass is 16.6. The second kappa shape index (κ2) is 10.7. The largest absolute Gasteiger partial charge is 0.373 e. The summed E-state index contributed by atoms with van der Waals surface area (Å²) >= 11 is 0. The number of fused-ring (bicyclic) bond motifs is 1. The van der Waals surface area contributed by atoms with Crippen LogP contribution in [0.3, 0.4) is 0 Å². The molecule has 4 heterocycles. The van der Waals surface area contributed by atoms with Crippen LogP contribution in [-0.2, 0) is 24.5 Å². The molecule has 0 saturated carbocycles. The molecule has 0 aromatic carbocycles. The van der Waals surface area contributed by atoms with Gasteiger partial charge in [-0.15, -0.1) is 0 Å². The van der Waals surface area contributed by atoms with Crippen molar-refractivity contribution in [3.05, 3.63) is 46.7 Å². The van der Waals surface area contributed by atoms with E-state index in [0.717, 1.165) is 61.3 Å². The second-order valence-corrected chi connectivity index (χ2v) is 11.3. The molecule has 6 rings (SSSR count). The molecule has 10 nitrogen and oxygen atoms in total. The molecule has 3 aliphatic heterocycles. The highest BCUT2D eigenvalue weighted by molar-refractivity contribution is 5.68. The molecule has 2 saturated heterocycles. The van der Waals surface area contributed by atoms with Crippen LogP contribution in [0.4, 0.5) is 0 Å². The molecule has 2 fully saturated rings. The van der Waals surface area contributed by atoms with Crippen molar-refractivity contribution in [2.45, 2.75) is 101 Å². The van der Waals surface area contributed by atoms with Gasteiger partial charge in [0, 0.05) is 23.6 Å². The minimum atomic E-state index is -0.467. The number of aromatic nitrogens is 2. The lowest BCUT2D eigenvalue weighted by Crippen LogP contribution is -2.30. The van der Waals surface area contributed by atoms with Crippen molar-refractivity contribution >= 4 is 6.34 Å².